The van der Waals surface area contributed by atoms with Crippen LogP contribution in [0.1, 0.15) is 18.4 Å². The van der Waals surface area contributed by atoms with Crippen molar-refractivity contribution in [2.24, 2.45) is 0 Å². The number of carbonyl (C=O) groups excluding carboxylic acids is 1. The molecule has 0 aromatic heterocycles. The Morgan fingerprint density at radius 2 is 1.95 bits per heavy atom. The molecule has 0 spiro atoms. The standard InChI is InChI=1S/C18H19FN2O/c1-12-6-2-3-7-13(12)14-8-4-9-15(17(14)19)21-18(22)16-10-5-11-20-16/h2-4,6-9,16,20H,5,10-11H2,1H3,(H,21,22). The van der Waals surface area contributed by atoms with Crippen molar-refractivity contribution in [2.75, 3.05) is 11.9 Å². The number of halogens is 1. The second-order valence-corrected chi connectivity index (χ2v) is 5.62. The van der Waals surface area contributed by atoms with Crippen LogP contribution in [0.15, 0.2) is 42.5 Å². The van der Waals surface area contributed by atoms with Gasteiger partial charge in [-0.1, -0.05) is 36.4 Å². The Labute approximate surface area is 129 Å². The van der Waals surface area contributed by atoms with Crippen LogP contribution >= 0.6 is 0 Å². The number of benzene rings is 2. The van der Waals surface area contributed by atoms with Gasteiger partial charge in [-0.25, -0.2) is 4.39 Å². The van der Waals surface area contributed by atoms with Crippen LogP contribution < -0.4 is 10.6 Å². The van der Waals surface area contributed by atoms with Crippen molar-refractivity contribution in [1.29, 1.82) is 0 Å². The number of nitrogens with one attached hydrogen (secondary N) is 2. The van der Waals surface area contributed by atoms with E-state index in [1.54, 1.807) is 18.2 Å². The predicted octanol–water partition coefficient (Wildman–Crippen LogP) is 3.49. The molecular weight excluding hydrogens is 279 g/mol. The summed E-state index contributed by atoms with van der Waals surface area (Å²) in [6, 6.07) is 12.5. The van der Waals surface area contributed by atoms with Crippen LogP contribution in [-0.2, 0) is 4.79 Å². The Morgan fingerprint density at radius 1 is 1.18 bits per heavy atom. The van der Waals surface area contributed by atoms with Gasteiger partial charge in [0, 0.05) is 5.56 Å². The van der Waals surface area contributed by atoms with Gasteiger partial charge in [0.25, 0.3) is 0 Å². The average molecular weight is 298 g/mol. The van der Waals surface area contributed by atoms with Crippen LogP contribution in [0.5, 0.6) is 0 Å². The van der Waals surface area contributed by atoms with Crippen LogP contribution in [0.25, 0.3) is 11.1 Å². The van der Waals surface area contributed by atoms with Crippen LogP contribution in [0, 0.1) is 12.7 Å². The quantitative estimate of drug-likeness (QED) is 0.910. The number of aryl methyl sites for hydroxylation is 1. The summed E-state index contributed by atoms with van der Waals surface area (Å²) in [5.41, 5.74) is 2.59. The molecule has 2 aromatic carbocycles. The molecule has 2 N–H and O–H groups in total. The summed E-state index contributed by atoms with van der Waals surface area (Å²) in [6.07, 6.45) is 1.77. The Balaban J connectivity index is 1.89. The fourth-order valence-electron chi connectivity index (χ4n) is 2.84. The molecular formula is C18H19FN2O. The van der Waals surface area contributed by atoms with Crippen LogP contribution in [0.4, 0.5) is 10.1 Å². The molecule has 0 saturated carbocycles. The zero-order chi connectivity index (χ0) is 15.5. The summed E-state index contributed by atoms with van der Waals surface area (Å²) < 4.78 is 14.8. The normalized spacial score (nSPS) is 17.5. The van der Waals surface area contributed by atoms with E-state index < -0.39 is 0 Å². The van der Waals surface area contributed by atoms with Gasteiger partial charge >= 0.3 is 0 Å². The zero-order valence-electron chi connectivity index (χ0n) is 12.5. The van der Waals surface area contributed by atoms with Crippen molar-refractivity contribution in [2.45, 2.75) is 25.8 Å². The molecule has 0 bridgehead atoms. The van der Waals surface area contributed by atoms with Crippen molar-refractivity contribution in [3.63, 3.8) is 0 Å². The van der Waals surface area contributed by atoms with E-state index in [9.17, 15) is 9.18 Å². The molecule has 22 heavy (non-hydrogen) atoms. The van der Waals surface area contributed by atoms with E-state index in [0.717, 1.165) is 30.5 Å². The van der Waals surface area contributed by atoms with E-state index in [1.165, 1.54) is 0 Å². The van der Waals surface area contributed by atoms with E-state index in [1.807, 2.05) is 31.2 Å². The van der Waals surface area contributed by atoms with Crippen LogP contribution in [0.2, 0.25) is 0 Å². The first-order chi connectivity index (χ1) is 10.7. The summed E-state index contributed by atoms with van der Waals surface area (Å²) in [5, 5.41) is 5.82. The molecule has 1 heterocycles. The van der Waals surface area contributed by atoms with Gasteiger partial charge in [-0.2, -0.15) is 0 Å². The monoisotopic (exact) mass is 298 g/mol. The molecule has 3 rings (SSSR count). The second-order valence-electron chi connectivity index (χ2n) is 5.62. The third kappa shape index (κ3) is 2.88. The molecule has 1 fully saturated rings. The molecule has 1 aliphatic heterocycles. The highest BCUT2D eigenvalue weighted by atomic mass is 19.1. The lowest BCUT2D eigenvalue weighted by atomic mass is 9.99. The van der Waals surface area contributed by atoms with Crippen molar-refractivity contribution in [1.82, 2.24) is 5.32 Å². The third-order valence-corrected chi connectivity index (χ3v) is 4.07. The Morgan fingerprint density at radius 3 is 2.68 bits per heavy atom. The van der Waals surface area contributed by atoms with Crippen molar-refractivity contribution < 1.29 is 9.18 Å². The van der Waals surface area contributed by atoms with E-state index in [0.29, 0.717) is 5.56 Å². The Bertz CT molecular complexity index is 693. The molecule has 1 amide bonds. The second kappa shape index (κ2) is 6.28. The first-order valence-electron chi connectivity index (χ1n) is 7.55. The molecule has 1 saturated heterocycles. The Hall–Kier alpha value is -2.20. The van der Waals surface area contributed by atoms with Gasteiger partial charge in [0.1, 0.15) is 0 Å². The Kier molecular flexibility index (Phi) is 4.20. The maximum atomic E-state index is 14.8. The maximum absolute atomic E-state index is 14.8. The van der Waals surface area contributed by atoms with Gasteiger partial charge in [-0.15, -0.1) is 0 Å². The molecule has 4 heteroatoms. The lowest BCUT2D eigenvalue weighted by molar-refractivity contribution is -0.117. The third-order valence-electron chi connectivity index (χ3n) is 4.07. The number of anilines is 1. The van der Waals surface area contributed by atoms with Gasteiger partial charge in [0.15, 0.2) is 5.82 Å². The number of rotatable bonds is 3. The molecule has 1 aliphatic rings. The lowest BCUT2D eigenvalue weighted by Gasteiger charge is -2.14. The molecule has 3 nitrogen and oxygen atoms in total. The highest BCUT2D eigenvalue weighted by Gasteiger charge is 2.23. The highest BCUT2D eigenvalue weighted by Crippen LogP contribution is 2.30. The number of hydrogen-bond acceptors (Lipinski definition) is 2. The highest BCUT2D eigenvalue weighted by molar-refractivity contribution is 5.95. The molecule has 0 aliphatic carbocycles. The summed E-state index contributed by atoms with van der Waals surface area (Å²) in [5.74, 6) is -0.554. The smallest absolute Gasteiger partial charge is 0.241 e. The van der Waals surface area contributed by atoms with Crippen molar-refractivity contribution in [3.05, 3.63) is 53.8 Å². The molecule has 114 valence electrons. The molecule has 1 atom stereocenters. The topological polar surface area (TPSA) is 41.1 Å². The number of hydrogen-bond donors (Lipinski definition) is 2. The van der Waals surface area contributed by atoms with E-state index in [-0.39, 0.29) is 23.5 Å². The fourth-order valence-corrected chi connectivity index (χ4v) is 2.84. The fraction of sp³-hybridized carbons (Fsp3) is 0.278. The summed E-state index contributed by atoms with van der Waals surface area (Å²) in [6.45, 7) is 2.78. The van der Waals surface area contributed by atoms with E-state index in [2.05, 4.69) is 10.6 Å². The first kappa shape index (κ1) is 14.7. The maximum Gasteiger partial charge on any atom is 0.241 e. The minimum Gasteiger partial charge on any atom is -0.322 e. The minimum atomic E-state index is -0.386. The largest absolute Gasteiger partial charge is 0.322 e. The van der Waals surface area contributed by atoms with Gasteiger partial charge in [0.2, 0.25) is 5.91 Å². The predicted molar refractivity (Wildman–Crippen MR) is 86.2 cm³/mol. The van der Waals surface area contributed by atoms with E-state index >= 15 is 0 Å². The number of amides is 1. The van der Waals surface area contributed by atoms with Gasteiger partial charge < -0.3 is 10.6 Å². The first-order valence-corrected chi connectivity index (χ1v) is 7.55. The number of carbonyl (C=O) groups is 1. The van der Waals surface area contributed by atoms with E-state index in [4.69, 9.17) is 0 Å². The zero-order valence-corrected chi connectivity index (χ0v) is 12.5. The lowest BCUT2D eigenvalue weighted by Crippen LogP contribution is -2.35. The summed E-state index contributed by atoms with van der Waals surface area (Å²) in [7, 11) is 0. The minimum absolute atomic E-state index is 0.168. The molecule has 2 aromatic rings. The van der Waals surface area contributed by atoms with Gasteiger partial charge in [0.05, 0.1) is 11.7 Å². The van der Waals surface area contributed by atoms with Gasteiger partial charge in [-0.05, 0) is 43.5 Å². The molecule has 1 unspecified atom stereocenters. The van der Waals surface area contributed by atoms with Gasteiger partial charge in [-0.3, -0.25) is 4.79 Å². The SMILES string of the molecule is Cc1ccccc1-c1cccc(NC(=O)C2CCCN2)c1F. The van der Waals surface area contributed by atoms with Crippen molar-refractivity contribution in [3.8, 4) is 11.1 Å². The average Bonchev–Trinajstić information content (AvgIpc) is 3.05. The van der Waals surface area contributed by atoms with Crippen LogP contribution in [0.3, 0.4) is 0 Å². The van der Waals surface area contributed by atoms with Crippen LogP contribution in [-0.4, -0.2) is 18.5 Å². The molecule has 0 radical (unpaired) electrons. The summed E-state index contributed by atoms with van der Waals surface area (Å²) >= 11 is 0. The summed E-state index contributed by atoms with van der Waals surface area (Å²) in [4.78, 5) is 12.1. The van der Waals surface area contributed by atoms with Crippen molar-refractivity contribution >= 4 is 11.6 Å².